The molecule has 3 rings (SSSR count). The van der Waals surface area contributed by atoms with Crippen molar-refractivity contribution in [3.05, 3.63) is 79.1 Å². The number of carbonyl (C=O) groups excluding carboxylic acids is 1. The van der Waals surface area contributed by atoms with E-state index in [-0.39, 0.29) is 26.4 Å². The molecule has 0 bridgehead atoms. The molecular formula is C20H13BrCl2F3N3O4S. The number of rotatable bonds is 6. The number of carbonyl (C=O) groups is 1. The van der Waals surface area contributed by atoms with Gasteiger partial charge in [0, 0.05) is 15.7 Å². The molecule has 180 valence electrons. The molecule has 34 heavy (non-hydrogen) atoms. The molecule has 0 saturated carbocycles. The third-order valence-electron chi connectivity index (χ3n) is 4.24. The van der Waals surface area contributed by atoms with Gasteiger partial charge in [0.05, 0.1) is 15.6 Å². The molecule has 0 aliphatic heterocycles. The Kier molecular flexibility index (Phi) is 8.09. The Hall–Kier alpha value is -2.38. The van der Waals surface area contributed by atoms with Crippen molar-refractivity contribution < 1.29 is 26.9 Å². The van der Waals surface area contributed by atoms with E-state index >= 15 is 0 Å². The van der Waals surface area contributed by atoms with Gasteiger partial charge in [0.1, 0.15) is 28.8 Å². The lowest BCUT2D eigenvalue weighted by Crippen LogP contribution is -2.29. The van der Waals surface area contributed by atoms with Crippen molar-refractivity contribution >= 4 is 61.7 Å². The maximum atomic E-state index is 13.5. The van der Waals surface area contributed by atoms with Crippen molar-refractivity contribution in [2.45, 2.75) is 17.6 Å². The molecule has 14 heteroatoms. The molecular weight excluding hydrogens is 586 g/mol. The zero-order valence-corrected chi connectivity index (χ0v) is 20.6. The lowest BCUT2D eigenvalue weighted by atomic mass is 10.2. The van der Waals surface area contributed by atoms with Gasteiger partial charge in [-0.25, -0.2) is 9.35 Å². The summed E-state index contributed by atoms with van der Waals surface area (Å²) in [5, 5.41) is 7.88. The predicted molar refractivity (Wildman–Crippen MR) is 126 cm³/mol. The molecule has 1 unspecified atom stereocenters. The van der Waals surface area contributed by atoms with E-state index < -0.39 is 46.5 Å². The molecule has 0 fully saturated rings. The zero-order chi connectivity index (χ0) is 25.2. The highest BCUT2D eigenvalue weighted by Crippen LogP contribution is 2.37. The number of hydrogen-bond acceptors (Lipinski definition) is 4. The van der Waals surface area contributed by atoms with E-state index in [1.54, 1.807) is 0 Å². The first-order chi connectivity index (χ1) is 15.8. The highest BCUT2D eigenvalue weighted by molar-refractivity contribution is 9.10. The second kappa shape index (κ2) is 10.5. The molecule has 1 atom stereocenters. The van der Waals surface area contributed by atoms with Crippen LogP contribution in [0.15, 0.2) is 62.8 Å². The average molecular weight is 599 g/mol. The van der Waals surface area contributed by atoms with Gasteiger partial charge >= 0.3 is 6.18 Å². The number of halogens is 6. The van der Waals surface area contributed by atoms with Crippen LogP contribution in [0.1, 0.15) is 5.56 Å². The first kappa shape index (κ1) is 26.2. The van der Waals surface area contributed by atoms with E-state index in [0.717, 1.165) is 10.8 Å². The lowest BCUT2D eigenvalue weighted by Gasteiger charge is -2.16. The largest absolute Gasteiger partial charge is 0.451 e. The molecule has 0 radical (unpaired) electrons. The topological polar surface area (TPSA) is 103 Å². The van der Waals surface area contributed by atoms with Gasteiger partial charge in [-0.1, -0.05) is 39.1 Å². The average Bonchev–Trinajstić information content (AvgIpc) is 2.70. The zero-order valence-electron chi connectivity index (χ0n) is 16.7. The summed E-state index contributed by atoms with van der Waals surface area (Å²) in [6.45, 7) is -0.645. The molecule has 3 N–H and O–H groups in total. The highest BCUT2D eigenvalue weighted by atomic mass is 79.9. The van der Waals surface area contributed by atoms with E-state index in [1.807, 2.05) is 0 Å². The number of nitrogens with two attached hydrogens (primary N) is 1. The number of benzene rings is 2. The van der Waals surface area contributed by atoms with Gasteiger partial charge in [0.2, 0.25) is 11.7 Å². The lowest BCUT2D eigenvalue weighted by molar-refractivity contribution is -0.138. The number of anilines is 1. The van der Waals surface area contributed by atoms with E-state index in [0.29, 0.717) is 10.5 Å². The Morgan fingerprint density at radius 3 is 2.47 bits per heavy atom. The summed E-state index contributed by atoms with van der Waals surface area (Å²) in [5.74, 6) is -1.90. The number of pyridine rings is 1. The molecule has 0 aliphatic rings. The Balaban J connectivity index is 1.92. The van der Waals surface area contributed by atoms with Gasteiger partial charge in [-0.15, -0.1) is 0 Å². The molecule has 1 heterocycles. The van der Waals surface area contributed by atoms with Crippen molar-refractivity contribution in [1.29, 1.82) is 0 Å². The van der Waals surface area contributed by atoms with Gasteiger partial charge in [-0.3, -0.25) is 9.59 Å². The fourth-order valence-electron chi connectivity index (χ4n) is 2.77. The van der Waals surface area contributed by atoms with Crippen LogP contribution in [-0.4, -0.2) is 14.7 Å². The normalized spacial score (nSPS) is 12.3. The van der Waals surface area contributed by atoms with Crippen LogP contribution in [0.2, 0.25) is 10.0 Å². The Morgan fingerprint density at radius 2 is 1.88 bits per heavy atom. The molecule has 0 saturated heterocycles. The number of amides is 1. The fourth-order valence-corrected chi connectivity index (χ4v) is 4.33. The fraction of sp³-hybridized carbons (Fsp3) is 0.100. The van der Waals surface area contributed by atoms with Crippen LogP contribution in [0, 0.1) is 0 Å². The van der Waals surface area contributed by atoms with Crippen LogP contribution >= 0.6 is 39.1 Å². The summed E-state index contributed by atoms with van der Waals surface area (Å²) < 4.78 is 58.3. The van der Waals surface area contributed by atoms with Gasteiger partial charge in [-0.05, 0) is 42.5 Å². The number of aromatic nitrogens is 1. The highest BCUT2D eigenvalue weighted by Gasteiger charge is 2.36. The van der Waals surface area contributed by atoms with Gasteiger partial charge < -0.3 is 14.6 Å². The molecule has 1 aromatic heterocycles. The second-order valence-corrected chi connectivity index (χ2v) is 9.51. The molecule has 7 nitrogen and oxygen atoms in total. The Bertz CT molecular complexity index is 1330. The summed E-state index contributed by atoms with van der Waals surface area (Å²) in [6.07, 6.45) is -4.07. The minimum Gasteiger partial charge on any atom is -0.451 e. The second-order valence-electron chi connectivity index (χ2n) is 6.68. The number of nitrogens with one attached hydrogen (secondary N) is 1. The number of hydrogen-bond donors (Lipinski definition) is 2. The minimum atomic E-state index is -4.90. The SMILES string of the molecule is NS(=O)c1ccc(NC(=O)Cn2ccc(C(F)(F)F)c(Oc3cc(Cl)cc(Br)c3)c2=O)c(Cl)c1. The quantitative estimate of drug-likeness (QED) is 0.399. The van der Waals surface area contributed by atoms with Crippen LogP contribution in [0.3, 0.4) is 0 Å². The molecule has 3 aromatic rings. The van der Waals surface area contributed by atoms with Crippen molar-refractivity contribution in [3.8, 4) is 11.5 Å². The van der Waals surface area contributed by atoms with Crippen molar-refractivity contribution in [1.82, 2.24) is 4.57 Å². The maximum absolute atomic E-state index is 13.5. The first-order valence-corrected chi connectivity index (χ1v) is 11.8. The third kappa shape index (κ3) is 6.39. The van der Waals surface area contributed by atoms with Crippen molar-refractivity contribution in [2.75, 3.05) is 5.32 Å². The summed E-state index contributed by atoms with van der Waals surface area (Å²) >= 11 is 15.1. The smallest absolute Gasteiger partial charge is 0.420 e. The van der Waals surface area contributed by atoms with Crippen LogP contribution in [-0.2, 0) is 28.5 Å². The number of nitrogens with zero attached hydrogens (tertiary/aromatic N) is 1. The van der Waals surface area contributed by atoms with E-state index in [1.165, 1.54) is 36.4 Å². The predicted octanol–water partition coefficient (Wildman–Crippen LogP) is 5.35. The Labute approximate surface area is 211 Å². The summed E-state index contributed by atoms with van der Waals surface area (Å²) in [7, 11) is -1.79. The van der Waals surface area contributed by atoms with Crippen LogP contribution in [0.5, 0.6) is 11.5 Å². The molecule has 2 aromatic carbocycles. The first-order valence-electron chi connectivity index (χ1n) is 9.05. The van der Waals surface area contributed by atoms with Crippen LogP contribution < -0.4 is 20.8 Å². The van der Waals surface area contributed by atoms with E-state index in [4.69, 9.17) is 33.1 Å². The monoisotopic (exact) mass is 597 g/mol. The Morgan fingerprint density at radius 1 is 1.18 bits per heavy atom. The summed E-state index contributed by atoms with van der Waals surface area (Å²) in [5.41, 5.74) is -2.39. The van der Waals surface area contributed by atoms with Gasteiger partial charge in [-0.2, -0.15) is 13.2 Å². The summed E-state index contributed by atoms with van der Waals surface area (Å²) in [6, 6.07) is 8.67. The standard InChI is InChI=1S/C20H13BrCl2F3N3O4S/c21-10-5-11(22)7-12(6-10)33-18-14(20(24,25)26)3-4-29(19(18)31)9-17(30)28-16-2-1-13(34(27)32)8-15(16)23/h1-8H,9,27H2,(H,28,30). The molecule has 0 aliphatic carbocycles. The van der Waals surface area contributed by atoms with E-state index in [9.17, 15) is 27.0 Å². The molecule has 0 spiro atoms. The van der Waals surface area contributed by atoms with Crippen molar-refractivity contribution in [3.63, 3.8) is 0 Å². The van der Waals surface area contributed by atoms with Gasteiger partial charge in [0.15, 0.2) is 0 Å². The van der Waals surface area contributed by atoms with E-state index in [2.05, 4.69) is 21.2 Å². The molecule has 1 amide bonds. The van der Waals surface area contributed by atoms with Crippen LogP contribution in [0.4, 0.5) is 18.9 Å². The number of ether oxygens (including phenoxy) is 1. The maximum Gasteiger partial charge on any atom is 0.420 e. The van der Waals surface area contributed by atoms with Gasteiger partial charge in [0.25, 0.3) is 5.56 Å². The minimum absolute atomic E-state index is 0.0278. The van der Waals surface area contributed by atoms with Crippen molar-refractivity contribution in [2.24, 2.45) is 5.14 Å². The summed E-state index contributed by atoms with van der Waals surface area (Å²) in [4.78, 5) is 25.5. The third-order valence-corrected chi connectivity index (χ3v) is 5.95. The number of alkyl halides is 3. The van der Waals surface area contributed by atoms with Crippen LogP contribution in [0.25, 0.3) is 0 Å².